The van der Waals surface area contributed by atoms with Gasteiger partial charge in [0.05, 0.1) is 6.54 Å². The summed E-state index contributed by atoms with van der Waals surface area (Å²) in [6, 6.07) is 0.226. The highest BCUT2D eigenvalue weighted by Gasteiger charge is 2.32. The molecule has 3 rings (SSSR count). The van der Waals surface area contributed by atoms with Gasteiger partial charge in [0, 0.05) is 36.9 Å². The molecule has 0 radical (unpaired) electrons. The maximum Gasteiger partial charge on any atom is 0.356 e. The molecule has 1 aromatic heterocycles. The van der Waals surface area contributed by atoms with Crippen LogP contribution in [0.3, 0.4) is 0 Å². The minimum Gasteiger partial charge on any atom is -0.476 e. The van der Waals surface area contributed by atoms with Crippen LogP contribution in [0, 0.1) is 0 Å². The molecule has 1 aromatic rings. The monoisotopic (exact) mass is 306 g/mol. The molecule has 7 heteroatoms. The molecule has 7 nitrogen and oxygen atoms in total. The molecule has 1 saturated heterocycles. The van der Waals surface area contributed by atoms with Crippen molar-refractivity contribution in [1.82, 2.24) is 20.0 Å². The lowest BCUT2D eigenvalue weighted by molar-refractivity contribution is -0.122. The van der Waals surface area contributed by atoms with Gasteiger partial charge in [-0.15, -0.1) is 0 Å². The Morgan fingerprint density at radius 1 is 1.50 bits per heavy atom. The molecule has 2 aliphatic rings. The molecule has 1 amide bonds. The van der Waals surface area contributed by atoms with E-state index in [1.165, 1.54) is 0 Å². The Balaban J connectivity index is 1.84. The average molecular weight is 306 g/mol. The van der Waals surface area contributed by atoms with E-state index >= 15 is 0 Å². The van der Waals surface area contributed by atoms with Crippen LogP contribution in [-0.4, -0.2) is 57.3 Å². The van der Waals surface area contributed by atoms with Gasteiger partial charge < -0.3 is 10.4 Å². The minimum absolute atomic E-state index is 0.0611. The summed E-state index contributed by atoms with van der Waals surface area (Å²) in [5.74, 6) is -0.899. The van der Waals surface area contributed by atoms with E-state index in [0.717, 1.165) is 43.6 Å². The first-order valence-corrected chi connectivity index (χ1v) is 7.92. The number of rotatable bonds is 3. The molecule has 22 heavy (non-hydrogen) atoms. The second kappa shape index (κ2) is 6.08. The summed E-state index contributed by atoms with van der Waals surface area (Å²) in [6.45, 7) is 4.67. The van der Waals surface area contributed by atoms with Crippen molar-refractivity contribution in [3.63, 3.8) is 0 Å². The van der Waals surface area contributed by atoms with Crippen LogP contribution in [0.1, 0.15) is 41.5 Å². The Labute approximate surface area is 129 Å². The average Bonchev–Trinajstić information content (AvgIpc) is 2.74. The van der Waals surface area contributed by atoms with Gasteiger partial charge in [-0.05, 0) is 32.6 Å². The second-order valence-corrected chi connectivity index (χ2v) is 5.97. The van der Waals surface area contributed by atoms with Gasteiger partial charge in [0.2, 0.25) is 5.91 Å². The summed E-state index contributed by atoms with van der Waals surface area (Å²) in [4.78, 5) is 25.4. The lowest BCUT2D eigenvalue weighted by atomic mass is 9.90. The minimum atomic E-state index is -0.960. The van der Waals surface area contributed by atoms with Crippen LogP contribution < -0.4 is 5.32 Å². The van der Waals surface area contributed by atoms with Crippen molar-refractivity contribution in [2.24, 2.45) is 0 Å². The third kappa shape index (κ3) is 2.72. The van der Waals surface area contributed by atoms with Gasteiger partial charge in [0.25, 0.3) is 0 Å². The molecule has 120 valence electrons. The summed E-state index contributed by atoms with van der Waals surface area (Å²) in [6.07, 6.45) is 3.39. The largest absolute Gasteiger partial charge is 0.476 e. The quantitative estimate of drug-likeness (QED) is 0.837. The summed E-state index contributed by atoms with van der Waals surface area (Å²) in [7, 11) is 0. The number of carbonyl (C=O) groups is 2. The number of hydrogen-bond donors (Lipinski definition) is 2. The van der Waals surface area contributed by atoms with Crippen LogP contribution in [0.5, 0.6) is 0 Å². The highest BCUT2D eigenvalue weighted by molar-refractivity contribution is 5.87. The van der Waals surface area contributed by atoms with Gasteiger partial charge in [-0.3, -0.25) is 14.4 Å². The predicted molar refractivity (Wildman–Crippen MR) is 79.9 cm³/mol. The van der Waals surface area contributed by atoms with Crippen LogP contribution >= 0.6 is 0 Å². The van der Waals surface area contributed by atoms with Crippen LogP contribution in [0.2, 0.25) is 0 Å². The van der Waals surface area contributed by atoms with E-state index in [9.17, 15) is 14.7 Å². The Bertz CT molecular complexity index is 596. The fourth-order valence-electron chi connectivity index (χ4n) is 3.56. The molecule has 0 unspecified atom stereocenters. The van der Waals surface area contributed by atoms with E-state index in [4.69, 9.17) is 0 Å². The number of aryl methyl sites for hydroxylation is 1. The van der Waals surface area contributed by atoms with Crippen molar-refractivity contribution in [3.05, 3.63) is 17.0 Å². The molecule has 0 saturated carbocycles. The molecule has 2 N–H and O–H groups in total. The summed E-state index contributed by atoms with van der Waals surface area (Å²) < 4.78 is 1.81. The predicted octanol–water partition coefficient (Wildman–Crippen LogP) is 0.280. The molecule has 0 aromatic carbocycles. The number of carboxylic acid groups (broad SMARTS) is 1. The Kier molecular flexibility index (Phi) is 4.15. The molecular formula is C15H22N4O3. The number of nitrogens with zero attached hydrogens (tertiary/aromatic N) is 3. The Morgan fingerprint density at radius 2 is 2.32 bits per heavy atom. The summed E-state index contributed by atoms with van der Waals surface area (Å²) >= 11 is 0. The molecule has 1 fully saturated rings. The van der Waals surface area contributed by atoms with Gasteiger partial charge >= 0.3 is 5.97 Å². The Morgan fingerprint density at radius 3 is 3.05 bits per heavy atom. The number of carboxylic acids is 1. The van der Waals surface area contributed by atoms with Gasteiger partial charge in [-0.1, -0.05) is 0 Å². The smallest absolute Gasteiger partial charge is 0.356 e. The topological polar surface area (TPSA) is 87.5 Å². The van der Waals surface area contributed by atoms with Crippen LogP contribution in [0.25, 0.3) is 0 Å². The van der Waals surface area contributed by atoms with Crippen molar-refractivity contribution in [2.45, 2.75) is 45.2 Å². The molecular weight excluding hydrogens is 284 g/mol. The molecule has 1 aliphatic heterocycles. The number of nitrogens with one attached hydrogen (secondary N) is 1. The van der Waals surface area contributed by atoms with E-state index in [1.54, 1.807) is 0 Å². The zero-order valence-electron chi connectivity index (χ0n) is 12.8. The fraction of sp³-hybridized carbons (Fsp3) is 0.667. The molecule has 0 spiro atoms. The zero-order chi connectivity index (χ0) is 15.7. The number of hydrogen-bond acceptors (Lipinski definition) is 4. The van der Waals surface area contributed by atoms with Gasteiger partial charge in [0.1, 0.15) is 0 Å². The number of carbonyl (C=O) groups excluding carboxylic acids is 1. The first-order chi connectivity index (χ1) is 10.6. The van der Waals surface area contributed by atoms with E-state index in [-0.39, 0.29) is 17.6 Å². The van der Waals surface area contributed by atoms with Gasteiger partial charge in [-0.2, -0.15) is 5.10 Å². The van der Waals surface area contributed by atoms with E-state index < -0.39 is 5.97 Å². The number of aromatic carboxylic acids is 1. The van der Waals surface area contributed by atoms with Crippen LogP contribution in [0.15, 0.2) is 0 Å². The van der Waals surface area contributed by atoms with E-state index in [2.05, 4.69) is 15.3 Å². The van der Waals surface area contributed by atoms with Crippen LogP contribution in [0.4, 0.5) is 0 Å². The SMILES string of the molecule is CCn1nc(C(=O)O)c2c1CC[C@H](N1CCCNC(=O)C1)C2. The van der Waals surface area contributed by atoms with Crippen molar-refractivity contribution < 1.29 is 14.7 Å². The summed E-state index contributed by atoms with van der Waals surface area (Å²) in [5, 5.41) is 16.5. The van der Waals surface area contributed by atoms with E-state index in [1.807, 2.05) is 11.6 Å². The van der Waals surface area contributed by atoms with Gasteiger partial charge in [-0.25, -0.2) is 4.79 Å². The third-order valence-electron chi connectivity index (χ3n) is 4.63. The second-order valence-electron chi connectivity index (χ2n) is 5.97. The first-order valence-electron chi connectivity index (χ1n) is 7.92. The highest BCUT2D eigenvalue weighted by Crippen LogP contribution is 2.28. The van der Waals surface area contributed by atoms with Crippen molar-refractivity contribution >= 4 is 11.9 Å². The number of aromatic nitrogens is 2. The maximum absolute atomic E-state index is 11.7. The standard InChI is InChI=1S/C15H22N4O3/c1-2-19-12-5-4-10(8-11(12)14(17-19)15(21)22)18-7-3-6-16-13(20)9-18/h10H,2-9H2,1H3,(H,16,20)(H,21,22)/t10-/m0/s1. The molecule has 1 atom stereocenters. The third-order valence-corrected chi connectivity index (χ3v) is 4.63. The normalized spacial score (nSPS) is 22.8. The molecule has 1 aliphatic carbocycles. The van der Waals surface area contributed by atoms with Crippen molar-refractivity contribution in [1.29, 1.82) is 0 Å². The lowest BCUT2D eigenvalue weighted by Crippen LogP contribution is -2.43. The lowest BCUT2D eigenvalue weighted by Gasteiger charge is -2.32. The number of fused-ring (bicyclic) bond motifs is 1. The highest BCUT2D eigenvalue weighted by atomic mass is 16.4. The van der Waals surface area contributed by atoms with Gasteiger partial charge in [0.15, 0.2) is 5.69 Å². The fourth-order valence-corrected chi connectivity index (χ4v) is 3.56. The Hall–Kier alpha value is -1.89. The van der Waals surface area contributed by atoms with E-state index in [0.29, 0.717) is 19.5 Å². The summed E-state index contributed by atoms with van der Waals surface area (Å²) in [5.41, 5.74) is 2.09. The van der Waals surface area contributed by atoms with Crippen molar-refractivity contribution in [3.8, 4) is 0 Å². The molecule has 0 bridgehead atoms. The first kappa shape index (κ1) is 15.0. The van der Waals surface area contributed by atoms with Crippen molar-refractivity contribution in [2.75, 3.05) is 19.6 Å². The maximum atomic E-state index is 11.7. The molecule has 2 heterocycles. The zero-order valence-corrected chi connectivity index (χ0v) is 12.8. The number of amides is 1. The van der Waals surface area contributed by atoms with Crippen LogP contribution in [-0.2, 0) is 24.2 Å².